The highest BCUT2D eigenvalue weighted by Gasteiger charge is 2.29. The predicted molar refractivity (Wildman–Crippen MR) is 121 cm³/mol. The molecule has 2 aliphatic carbocycles. The van der Waals surface area contributed by atoms with Crippen LogP contribution >= 0.6 is 0 Å². The first-order chi connectivity index (χ1) is 16.5. The lowest BCUT2D eigenvalue weighted by Gasteiger charge is -2.27. The van der Waals surface area contributed by atoms with Gasteiger partial charge in [-0.25, -0.2) is 9.97 Å². The van der Waals surface area contributed by atoms with Gasteiger partial charge in [-0.15, -0.1) is 5.10 Å². The van der Waals surface area contributed by atoms with Gasteiger partial charge in [-0.3, -0.25) is 9.48 Å². The number of aromatic nitrogens is 6. The fourth-order valence-electron chi connectivity index (χ4n) is 4.27. The van der Waals surface area contributed by atoms with Crippen molar-refractivity contribution in [1.82, 2.24) is 29.9 Å². The number of nitrogens with zero attached hydrogens (tertiary/aromatic N) is 6. The molecule has 0 spiro atoms. The second-order valence-corrected chi connectivity index (χ2v) is 9.05. The zero-order valence-electron chi connectivity index (χ0n) is 19.3. The number of pyridine rings is 1. The number of rotatable bonds is 8. The largest absolute Gasteiger partial charge is 0.489 e. The number of carboxylic acid groups (broad SMARTS) is 1. The highest BCUT2D eigenvalue weighted by Crippen LogP contribution is 2.31. The number of hydrogen-bond donors (Lipinski definition) is 1. The van der Waals surface area contributed by atoms with E-state index in [-0.39, 0.29) is 18.1 Å². The summed E-state index contributed by atoms with van der Waals surface area (Å²) in [5, 5.41) is 17.9. The normalized spacial score (nSPS) is 20.2. The van der Waals surface area contributed by atoms with Crippen LogP contribution in [0.2, 0.25) is 0 Å². The maximum atomic E-state index is 11.4. The van der Waals surface area contributed by atoms with E-state index < -0.39 is 5.97 Å². The molecular formula is C24H28N6O4. The van der Waals surface area contributed by atoms with Gasteiger partial charge in [0.2, 0.25) is 0 Å². The fraction of sp³-hybridized carbons (Fsp3) is 0.500. The van der Waals surface area contributed by atoms with Crippen molar-refractivity contribution in [1.29, 1.82) is 0 Å². The Morgan fingerprint density at radius 2 is 1.97 bits per heavy atom. The zero-order valence-corrected chi connectivity index (χ0v) is 19.3. The standard InChI is InChI=1S/C24H28N6O4/c1-14-21(33-18-5-3-4-15(12-18)23(31)32)9-8-19(26-14)22-20(30(2)29-28-22)13-16-10-11-25-24(27-16)34-17-6-7-17/h8-11,15,17-18H,3-7,12-13H2,1-2H3,(H,31,32)/t15-,18-/m0/s1. The topological polar surface area (TPSA) is 125 Å². The molecule has 0 aliphatic heterocycles. The lowest BCUT2D eigenvalue weighted by Crippen LogP contribution is -2.29. The lowest BCUT2D eigenvalue weighted by atomic mass is 9.87. The van der Waals surface area contributed by atoms with Crippen LogP contribution in [0.5, 0.6) is 11.8 Å². The first-order valence-electron chi connectivity index (χ1n) is 11.7. The molecule has 2 saturated carbocycles. The molecule has 0 amide bonds. The van der Waals surface area contributed by atoms with Crippen LogP contribution in [0.4, 0.5) is 0 Å². The third-order valence-corrected chi connectivity index (χ3v) is 6.33. The SMILES string of the molecule is Cc1nc(-c2nnn(C)c2Cc2ccnc(OC3CC3)n2)ccc1O[C@H]1CCC[C@H](C(=O)O)C1. The average molecular weight is 465 g/mol. The van der Waals surface area contributed by atoms with Gasteiger partial charge in [-0.05, 0) is 63.6 Å². The molecule has 178 valence electrons. The highest BCUT2D eigenvalue weighted by atomic mass is 16.5. The first kappa shape index (κ1) is 22.2. The molecule has 34 heavy (non-hydrogen) atoms. The fourth-order valence-corrected chi connectivity index (χ4v) is 4.27. The van der Waals surface area contributed by atoms with Crippen LogP contribution in [-0.4, -0.2) is 53.2 Å². The van der Waals surface area contributed by atoms with E-state index >= 15 is 0 Å². The van der Waals surface area contributed by atoms with E-state index in [1.54, 1.807) is 10.9 Å². The molecule has 3 aromatic rings. The van der Waals surface area contributed by atoms with Crippen LogP contribution in [0.1, 0.15) is 55.6 Å². The summed E-state index contributed by atoms with van der Waals surface area (Å²) in [6, 6.07) is 6.02. The van der Waals surface area contributed by atoms with Gasteiger partial charge in [-0.2, -0.15) is 4.98 Å². The summed E-state index contributed by atoms with van der Waals surface area (Å²) in [7, 11) is 1.85. The molecule has 0 saturated heterocycles. The number of aryl methyl sites for hydroxylation is 2. The summed E-state index contributed by atoms with van der Waals surface area (Å²) in [6.07, 6.45) is 7.38. The summed E-state index contributed by atoms with van der Waals surface area (Å²) in [4.78, 5) is 24.8. The van der Waals surface area contributed by atoms with E-state index in [2.05, 4.69) is 20.3 Å². The summed E-state index contributed by atoms with van der Waals surface area (Å²) in [5.41, 5.74) is 3.81. The van der Waals surface area contributed by atoms with Crippen molar-refractivity contribution >= 4 is 5.97 Å². The zero-order chi connectivity index (χ0) is 23.7. The van der Waals surface area contributed by atoms with Crippen LogP contribution in [0.15, 0.2) is 24.4 Å². The van der Waals surface area contributed by atoms with Gasteiger partial charge < -0.3 is 14.6 Å². The third kappa shape index (κ3) is 5.00. The molecule has 0 bridgehead atoms. The van der Waals surface area contributed by atoms with Gasteiger partial charge >= 0.3 is 12.0 Å². The number of carbonyl (C=O) groups is 1. The Bertz CT molecular complexity index is 1190. The Balaban J connectivity index is 1.33. The second-order valence-electron chi connectivity index (χ2n) is 9.05. The number of hydrogen-bond acceptors (Lipinski definition) is 8. The molecule has 5 rings (SSSR count). The van der Waals surface area contributed by atoms with Crippen LogP contribution < -0.4 is 9.47 Å². The van der Waals surface area contributed by atoms with Crippen molar-refractivity contribution in [3.05, 3.63) is 41.5 Å². The molecule has 0 unspecified atom stereocenters. The maximum absolute atomic E-state index is 11.4. The van der Waals surface area contributed by atoms with Gasteiger partial charge in [0.15, 0.2) is 0 Å². The van der Waals surface area contributed by atoms with E-state index in [1.807, 2.05) is 32.2 Å². The maximum Gasteiger partial charge on any atom is 0.316 e. The molecule has 3 aromatic heterocycles. The Hall–Kier alpha value is -3.56. The molecule has 1 N–H and O–H groups in total. The minimum absolute atomic E-state index is 0.113. The van der Waals surface area contributed by atoms with Crippen molar-refractivity contribution in [2.75, 3.05) is 0 Å². The Labute approximate surface area is 197 Å². The van der Waals surface area contributed by atoms with E-state index in [0.29, 0.717) is 42.4 Å². The van der Waals surface area contributed by atoms with Crippen molar-refractivity contribution < 1.29 is 19.4 Å². The van der Waals surface area contributed by atoms with Crippen LogP contribution in [-0.2, 0) is 18.3 Å². The van der Waals surface area contributed by atoms with E-state index in [1.165, 1.54) is 0 Å². The van der Waals surface area contributed by atoms with Gasteiger partial charge in [0.05, 0.1) is 34.8 Å². The molecule has 2 fully saturated rings. The minimum atomic E-state index is -0.747. The highest BCUT2D eigenvalue weighted by molar-refractivity contribution is 5.70. The Morgan fingerprint density at radius 1 is 1.12 bits per heavy atom. The van der Waals surface area contributed by atoms with Gasteiger partial charge in [0, 0.05) is 19.7 Å². The minimum Gasteiger partial charge on any atom is -0.489 e. The molecule has 0 radical (unpaired) electrons. The molecule has 0 aromatic carbocycles. The van der Waals surface area contributed by atoms with E-state index in [0.717, 1.165) is 42.8 Å². The summed E-state index contributed by atoms with van der Waals surface area (Å²) in [6.45, 7) is 1.89. The van der Waals surface area contributed by atoms with E-state index in [4.69, 9.17) is 14.5 Å². The third-order valence-electron chi connectivity index (χ3n) is 6.33. The van der Waals surface area contributed by atoms with Crippen molar-refractivity contribution in [2.45, 2.75) is 64.1 Å². The quantitative estimate of drug-likeness (QED) is 0.535. The molecule has 3 heterocycles. The molecule has 2 aliphatic rings. The van der Waals surface area contributed by atoms with Gasteiger partial charge in [0.25, 0.3) is 0 Å². The van der Waals surface area contributed by atoms with Crippen LogP contribution in [0, 0.1) is 12.8 Å². The second kappa shape index (κ2) is 9.36. The Kier molecular flexibility index (Phi) is 6.12. The molecular weight excluding hydrogens is 436 g/mol. The lowest BCUT2D eigenvalue weighted by molar-refractivity contribution is -0.143. The molecule has 10 heteroatoms. The predicted octanol–water partition coefficient (Wildman–Crippen LogP) is 3.13. The first-order valence-corrected chi connectivity index (χ1v) is 11.7. The summed E-state index contributed by atoms with van der Waals surface area (Å²) >= 11 is 0. The van der Waals surface area contributed by atoms with Crippen LogP contribution in [0.25, 0.3) is 11.4 Å². The average Bonchev–Trinajstić information content (AvgIpc) is 3.57. The smallest absolute Gasteiger partial charge is 0.316 e. The number of aliphatic carboxylic acids is 1. The number of ether oxygens (including phenoxy) is 2. The summed E-state index contributed by atoms with van der Waals surface area (Å²) in [5.74, 6) is -0.420. The Morgan fingerprint density at radius 3 is 2.74 bits per heavy atom. The van der Waals surface area contributed by atoms with Crippen molar-refractivity contribution in [2.24, 2.45) is 13.0 Å². The van der Waals surface area contributed by atoms with E-state index in [9.17, 15) is 9.90 Å². The van der Waals surface area contributed by atoms with Gasteiger partial charge in [-0.1, -0.05) is 5.21 Å². The molecule has 10 nitrogen and oxygen atoms in total. The summed E-state index contributed by atoms with van der Waals surface area (Å²) < 4.78 is 13.6. The number of carboxylic acids is 1. The van der Waals surface area contributed by atoms with Crippen LogP contribution in [0.3, 0.4) is 0 Å². The monoisotopic (exact) mass is 464 g/mol. The molecule has 2 atom stereocenters. The van der Waals surface area contributed by atoms with Crippen molar-refractivity contribution in [3.63, 3.8) is 0 Å². The van der Waals surface area contributed by atoms with Gasteiger partial charge in [0.1, 0.15) is 17.5 Å². The van der Waals surface area contributed by atoms with Crippen molar-refractivity contribution in [3.8, 4) is 23.1 Å².